The highest BCUT2D eigenvalue weighted by atomic mass is 31.2. The van der Waals surface area contributed by atoms with Crippen LogP contribution in [0.15, 0.2) is 0 Å². The molecule has 17 nitrogen and oxygen atoms in total. The highest BCUT2D eigenvalue weighted by Gasteiger charge is 2.30. The van der Waals surface area contributed by atoms with Gasteiger partial charge in [0, 0.05) is 25.7 Å². The highest BCUT2D eigenvalue weighted by Crippen LogP contribution is 2.45. The molecule has 0 saturated heterocycles. The number of aliphatic hydroxyl groups excluding tert-OH is 1. The molecule has 0 aromatic heterocycles. The van der Waals surface area contributed by atoms with E-state index in [2.05, 4.69) is 41.5 Å². The highest BCUT2D eigenvalue weighted by molar-refractivity contribution is 7.47. The third kappa shape index (κ3) is 70.5. The summed E-state index contributed by atoms with van der Waals surface area (Å²) in [4.78, 5) is 72.9. The lowest BCUT2D eigenvalue weighted by Crippen LogP contribution is -2.30. The molecule has 3 N–H and O–H groups in total. The van der Waals surface area contributed by atoms with Gasteiger partial charge in [-0.3, -0.25) is 37.3 Å². The molecular formula is C77H150O17P2. The molecule has 0 aliphatic carbocycles. The van der Waals surface area contributed by atoms with E-state index in [1.807, 2.05) is 0 Å². The van der Waals surface area contributed by atoms with Crippen molar-refractivity contribution < 1.29 is 80.2 Å². The van der Waals surface area contributed by atoms with Crippen molar-refractivity contribution in [3.63, 3.8) is 0 Å². The fourth-order valence-electron chi connectivity index (χ4n) is 11.8. The van der Waals surface area contributed by atoms with Gasteiger partial charge in [-0.2, -0.15) is 0 Å². The third-order valence-corrected chi connectivity index (χ3v) is 19.9. The molecule has 0 aromatic carbocycles. The number of esters is 4. The summed E-state index contributed by atoms with van der Waals surface area (Å²) >= 11 is 0. The van der Waals surface area contributed by atoms with Crippen LogP contribution in [-0.4, -0.2) is 96.7 Å². The van der Waals surface area contributed by atoms with Crippen LogP contribution in [0.4, 0.5) is 0 Å². The predicted octanol–water partition coefficient (Wildman–Crippen LogP) is 22.7. The summed E-state index contributed by atoms with van der Waals surface area (Å²) in [5.74, 6) is -0.573. The summed E-state index contributed by atoms with van der Waals surface area (Å²) in [6.45, 7) is 9.62. The second-order valence-corrected chi connectivity index (χ2v) is 31.6. The number of carbonyl (C=O) groups excluding carboxylic acids is 4. The van der Waals surface area contributed by atoms with E-state index in [-0.39, 0.29) is 25.7 Å². The second kappa shape index (κ2) is 68.8. The molecule has 0 aliphatic heterocycles. The number of unbranched alkanes of at least 4 members (excludes halogenated alkanes) is 46. The van der Waals surface area contributed by atoms with Gasteiger partial charge < -0.3 is 33.8 Å². The predicted molar refractivity (Wildman–Crippen MR) is 391 cm³/mol. The van der Waals surface area contributed by atoms with Crippen molar-refractivity contribution >= 4 is 39.5 Å². The van der Waals surface area contributed by atoms with Gasteiger partial charge in [0.2, 0.25) is 0 Å². The lowest BCUT2D eigenvalue weighted by Gasteiger charge is -2.21. The fraction of sp³-hybridized carbons (Fsp3) is 0.948. The average molecular weight is 1410 g/mol. The van der Waals surface area contributed by atoms with Crippen molar-refractivity contribution in [1.29, 1.82) is 0 Å². The van der Waals surface area contributed by atoms with Gasteiger partial charge in [0.15, 0.2) is 12.2 Å². The molecule has 570 valence electrons. The van der Waals surface area contributed by atoms with Crippen molar-refractivity contribution in [3.05, 3.63) is 0 Å². The number of aliphatic hydroxyl groups is 1. The van der Waals surface area contributed by atoms with Gasteiger partial charge in [-0.1, -0.05) is 350 Å². The second-order valence-electron chi connectivity index (χ2n) is 28.7. The number of phosphoric ester groups is 2. The van der Waals surface area contributed by atoms with Crippen molar-refractivity contribution in [2.24, 2.45) is 11.8 Å². The largest absolute Gasteiger partial charge is 0.472 e. The van der Waals surface area contributed by atoms with Gasteiger partial charge in [-0.15, -0.1) is 0 Å². The first-order valence-corrected chi connectivity index (χ1v) is 43.0. The van der Waals surface area contributed by atoms with Gasteiger partial charge in [-0.25, -0.2) is 9.13 Å². The zero-order valence-electron chi connectivity index (χ0n) is 62.7. The molecular weight excluding hydrogens is 1260 g/mol. The standard InChI is InChI=1S/C77H150O17P2/c1-7-9-11-13-15-17-19-21-25-29-36-42-48-54-60-75(80)88-65-72(93-76(81)61-55-49-43-37-30-26-22-24-27-33-39-45-51-57-69(3)4)67-91-95(83,84)89-63-71(78)64-90-96(85,86)92-68-73(94-77(82)62-56-50-44-38-32-31-34-40-46-52-58-70(5)6)66-87-74(79)59-53-47-41-35-28-23-20-18-16-14-12-10-8-2/h69-73,78H,7-68H2,1-6H3,(H,83,84)(H,85,86)/t71-,72-,73-/m1/s1. The Balaban J connectivity index is 5.27. The Morgan fingerprint density at radius 1 is 0.281 bits per heavy atom. The number of rotatable bonds is 76. The van der Waals surface area contributed by atoms with E-state index in [1.54, 1.807) is 0 Å². The maximum Gasteiger partial charge on any atom is 0.472 e. The Morgan fingerprint density at radius 3 is 0.708 bits per heavy atom. The topological polar surface area (TPSA) is 237 Å². The van der Waals surface area contributed by atoms with Gasteiger partial charge in [0.1, 0.15) is 19.3 Å². The molecule has 0 spiro atoms. The molecule has 96 heavy (non-hydrogen) atoms. The molecule has 5 atom stereocenters. The van der Waals surface area contributed by atoms with Crippen LogP contribution in [0.25, 0.3) is 0 Å². The van der Waals surface area contributed by atoms with E-state index < -0.39 is 97.5 Å². The van der Waals surface area contributed by atoms with Crippen LogP contribution < -0.4 is 0 Å². The first-order valence-electron chi connectivity index (χ1n) is 40.0. The van der Waals surface area contributed by atoms with Crippen LogP contribution in [-0.2, 0) is 65.4 Å². The minimum absolute atomic E-state index is 0.106. The summed E-state index contributed by atoms with van der Waals surface area (Å²) < 4.78 is 68.6. The number of hydrogen-bond donors (Lipinski definition) is 3. The van der Waals surface area contributed by atoms with E-state index >= 15 is 0 Å². The Bertz CT molecular complexity index is 1860. The molecule has 0 amide bonds. The van der Waals surface area contributed by atoms with E-state index in [9.17, 15) is 43.2 Å². The smallest absolute Gasteiger partial charge is 0.462 e. The molecule has 0 radical (unpaired) electrons. The van der Waals surface area contributed by atoms with Gasteiger partial charge in [-0.05, 0) is 37.5 Å². The van der Waals surface area contributed by atoms with Crippen LogP contribution >= 0.6 is 15.6 Å². The fourth-order valence-corrected chi connectivity index (χ4v) is 13.4. The van der Waals surface area contributed by atoms with Gasteiger partial charge >= 0.3 is 39.5 Å². The zero-order chi connectivity index (χ0) is 70.7. The van der Waals surface area contributed by atoms with Crippen LogP contribution in [0.3, 0.4) is 0 Å². The van der Waals surface area contributed by atoms with Crippen molar-refractivity contribution in [2.45, 2.75) is 419 Å². The van der Waals surface area contributed by atoms with E-state index in [4.69, 9.17) is 37.0 Å². The molecule has 0 heterocycles. The Morgan fingerprint density at radius 2 is 0.479 bits per heavy atom. The minimum Gasteiger partial charge on any atom is -0.462 e. The summed E-state index contributed by atoms with van der Waals surface area (Å²) in [5, 5.41) is 10.6. The number of phosphoric acid groups is 2. The molecule has 0 aromatic rings. The summed E-state index contributed by atoms with van der Waals surface area (Å²) in [5.41, 5.74) is 0. The summed E-state index contributed by atoms with van der Waals surface area (Å²) in [6, 6.07) is 0. The Hall–Kier alpha value is -1.94. The van der Waals surface area contributed by atoms with Crippen molar-refractivity contribution in [1.82, 2.24) is 0 Å². The van der Waals surface area contributed by atoms with E-state index in [0.717, 1.165) is 102 Å². The summed E-state index contributed by atoms with van der Waals surface area (Å²) in [7, 11) is -9.91. The lowest BCUT2D eigenvalue weighted by molar-refractivity contribution is -0.161. The number of ether oxygens (including phenoxy) is 4. The quantitative estimate of drug-likeness (QED) is 0.0222. The van der Waals surface area contributed by atoms with Crippen LogP contribution in [0.2, 0.25) is 0 Å². The lowest BCUT2D eigenvalue weighted by atomic mass is 10.0. The van der Waals surface area contributed by atoms with E-state index in [1.165, 1.54) is 218 Å². The molecule has 19 heteroatoms. The molecule has 2 unspecified atom stereocenters. The summed E-state index contributed by atoms with van der Waals surface area (Å²) in [6.07, 6.45) is 56.7. The minimum atomic E-state index is -4.96. The molecule has 0 saturated carbocycles. The van der Waals surface area contributed by atoms with Crippen LogP contribution in [0.1, 0.15) is 401 Å². The van der Waals surface area contributed by atoms with Gasteiger partial charge in [0.05, 0.1) is 26.4 Å². The van der Waals surface area contributed by atoms with Crippen LogP contribution in [0, 0.1) is 11.8 Å². The molecule has 0 fully saturated rings. The SMILES string of the molecule is CCCCCCCCCCCCCCCCC(=O)OC[C@H](COP(=O)(O)OC[C@@H](O)COP(=O)(O)OC[C@@H](COC(=O)CCCCCCCCCCCCCCC)OC(=O)CCCCCCCCCCCCC(C)C)OC(=O)CCCCCCCCCCCCCCCC(C)C. The maximum atomic E-state index is 13.1. The molecule has 0 aliphatic rings. The van der Waals surface area contributed by atoms with Crippen LogP contribution in [0.5, 0.6) is 0 Å². The third-order valence-electron chi connectivity index (χ3n) is 18.0. The molecule has 0 rings (SSSR count). The zero-order valence-corrected chi connectivity index (χ0v) is 64.5. The number of carbonyl (C=O) groups is 4. The number of hydrogen-bond acceptors (Lipinski definition) is 15. The average Bonchev–Trinajstić information content (AvgIpc) is 1.30. The monoisotopic (exact) mass is 1410 g/mol. The maximum absolute atomic E-state index is 13.1. The normalized spacial score (nSPS) is 14.0. The van der Waals surface area contributed by atoms with E-state index in [0.29, 0.717) is 25.7 Å². The Kier molecular flexibility index (Phi) is 67.4. The van der Waals surface area contributed by atoms with Crippen molar-refractivity contribution in [3.8, 4) is 0 Å². The Labute approximate surface area is 588 Å². The first-order chi connectivity index (χ1) is 46.4. The van der Waals surface area contributed by atoms with Gasteiger partial charge in [0.25, 0.3) is 0 Å². The molecule has 0 bridgehead atoms. The first kappa shape index (κ1) is 94.1. The van der Waals surface area contributed by atoms with Crippen molar-refractivity contribution in [2.75, 3.05) is 39.6 Å².